The quantitative estimate of drug-likeness (QED) is 0.624. The molecule has 4 nitrogen and oxygen atoms in total. The Balaban J connectivity index is 2.71. The van der Waals surface area contributed by atoms with Crippen molar-refractivity contribution in [3.8, 4) is 22.6 Å². The second-order valence-electron chi connectivity index (χ2n) is 5.07. The molecule has 0 aliphatic heterocycles. The molecular formula is C18H20O4. The lowest BCUT2D eigenvalue weighted by Gasteiger charge is -2.18. The molecule has 0 aliphatic rings. The van der Waals surface area contributed by atoms with Crippen LogP contribution in [-0.4, -0.2) is 16.4 Å². The minimum atomic E-state index is -1.43. The molecule has 0 aliphatic carbocycles. The Morgan fingerprint density at radius 3 is 2.41 bits per heavy atom. The van der Waals surface area contributed by atoms with Gasteiger partial charge in [-0.1, -0.05) is 50.6 Å². The molecule has 0 fully saturated rings. The smallest absolute Gasteiger partial charge is 0.504 e. The molecule has 0 saturated heterocycles. The van der Waals surface area contributed by atoms with Crippen molar-refractivity contribution in [2.24, 2.45) is 0 Å². The van der Waals surface area contributed by atoms with Gasteiger partial charge in [-0.05, 0) is 35.6 Å². The van der Waals surface area contributed by atoms with Crippen molar-refractivity contribution in [1.29, 1.82) is 0 Å². The third-order valence-electron chi connectivity index (χ3n) is 3.60. The first-order chi connectivity index (χ1) is 10.6. The van der Waals surface area contributed by atoms with E-state index < -0.39 is 6.16 Å². The summed E-state index contributed by atoms with van der Waals surface area (Å²) < 4.78 is 4.76. The summed E-state index contributed by atoms with van der Waals surface area (Å²) in [5.74, 6) is -0.127. The van der Waals surface area contributed by atoms with E-state index in [0.29, 0.717) is 5.56 Å². The number of aryl methyl sites for hydroxylation is 1. The third kappa shape index (κ3) is 3.22. The average Bonchev–Trinajstić information content (AvgIpc) is 2.50. The highest BCUT2D eigenvalue weighted by Gasteiger charge is 2.20. The summed E-state index contributed by atoms with van der Waals surface area (Å²) >= 11 is 0. The highest BCUT2D eigenvalue weighted by atomic mass is 16.7. The molecule has 0 amide bonds. The van der Waals surface area contributed by atoms with Crippen LogP contribution in [0.25, 0.3) is 11.1 Å². The number of hydrogen-bond acceptors (Lipinski definition) is 3. The summed E-state index contributed by atoms with van der Waals surface area (Å²) in [7, 11) is 0. The van der Waals surface area contributed by atoms with E-state index in [0.717, 1.165) is 36.0 Å². The van der Waals surface area contributed by atoms with Crippen LogP contribution >= 0.6 is 0 Å². The first kappa shape index (κ1) is 15.9. The summed E-state index contributed by atoms with van der Waals surface area (Å²) in [5, 5.41) is 19.4. The van der Waals surface area contributed by atoms with Crippen LogP contribution in [0.5, 0.6) is 11.5 Å². The van der Waals surface area contributed by atoms with Gasteiger partial charge in [-0.25, -0.2) is 4.79 Å². The van der Waals surface area contributed by atoms with Crippen molar-refractivity contribution in [3.63, 3.8) is 0 Å². The standard InChI is InChI=1S/C18H20O4/c1-3-8-13-11-15(22-18(20)21)17(19)16(14(13)4-2)12-9-6-5-7-10-12/h5-7,9-11,19H,3-4,8H2,1-2H3,(H,20,21). The van der Waals surface area contributed by atoms with Gasteiger partial charge in [0.15, 0.2) is 11.5 Å². The SMILES string of the molecule is CCCc1cc(OC(=O)O)c(O)c(-c2ccccc2)c1CC. The molecule has 0 spiro atoms. The minimum Gasteiger partial charge on any atom is -0.504 e. The van der Waals surface area contributed by atoms with E-state index in [1.165, 1.54) is 0 Å². The molecule has 0 atom stereocenters. The molecule has 2 rings (SSSR count). The molecule has 116 valence electrons. The predicted molar refractivity (Wildman–Crippen MR) is 85.6 cm³/mol. The van der Waals surface area contributed by atoms with Gasteiger partial charge in [0.25, 0.3) is 0 Å². The molecule has 4 heteroatoms. The number of phenolic OH excluding ortho intramolecular Hbond substituents is 1. The van der Waals surface area contributed by atoms with Crippen molar-refractivity contribution >= 4 is 6.16 Å². The van der Waals surface area contributed by atoms with Crippen LogP contribution in [0.3, 0.4) is 0 Å². The number of phenols is 1. The zero-order valence-corrected chi connectivity index (χ0v) is 12.8. The number of hydrogen-bond donors (Lipinski definition) is 2. The molecule has 2 aromatic rings. The van der Waals surface area contributed by atoms with E-state index in [1.54, 1.807) is 6.07 Å². The molecule has 0 unspecified atom stereocenters. The Morgan fingerprint density at radius 1 is 1.18 bits per heavy atom. The molecule has 0 saturated carbocycles. The Kier molecular flexibility index (Phi) is 5.04. The average molecular weight is 300 g/mol. The van der Waals surface area contributed by atoms with Gasteiger partial charge in [-0.2, -0.15) is 0 Å². The van der Waals surface area contributed by atoms with Crippen LogP contribution in [0.15, 0.2) is 36.4 Å². The maximum absolute atomic E-state index is 10.9. The summed E-state index contributed by atoms with van der Waals surface area (Å²) in [4.78, 5) is 10.9. The van der Waals surface area contributed by atoms with Crippen molar-refractivity contribution in [3.05, 3.63) is 47.5 Å². The maximum Gasteiger partial charge on any atom is 0.511 e. The van der Waals surface area contributed by atoms with Crippen molar-refractivity contribution in [2.75, 3.05) is 0 Å². The second kappa shape index (κ2) is 6.98. The molecule has 22 heavy (non-hydrogen) atoms. The fourth-order valence-electron chi connectivity index (χ4n) is 2.72. The monoisotopic (exact) mass is 300 g/mol. The van der Waals surface area contributed by atoms with E-state index in [-0.39, 0.29) is 11.5 Å². The molecule has 0 heterocycles. The number of aromatic hydroxyl groups is 1. The summed E-state index contributed by atoms with van der Waals surface area (Å²) in [6.45, 7) is 4.09. The van der Waals surface area contributed by atoms with Crippen LogP contribution in [0.1, 0.15) is 31.4 Å². The molecule has 0 aromatic heterocycles. The van der Waals surface area contributed by atoms with Gasteiger partial charge >= 0.3 is 6.16 Å². The number of ether oxygens (including phenoxy) is 1. The van der Waals surface area contributed by atoms with Crippen molar-refractivity contribution < 1.29 is 19.7 Å². The Bertz CT molecular complexity index is 663. The van der Waals surface area contributed by atoms with E-state index in [1.807, 2.05) is 37.3 Å². The zero-order valence-electron chi connectivity index (χ0n) is 12.8. The van der Waals surface area contributed by atoms with Crippen LogP contribution in [0, 0.1) is 0 Å². The van der Waals surface area contributed by atoms with Gasteiger partial charge in [0.2, 0.25) is 0 Å². The van der Waals surface area contributed by atoms with Crippen molar-refractivity contribution in [2.45, 2.75) is 33.1 Å². The lowest BCUT2D eigenvalue weighted by atomic mass is 9.90. The normalized spacial score (nSPS) is 10.5. The molecular weight excluding hydrogens is 280 g/mol. The molecule has 2 N–H and O–H groups in total. The van der Waals surface area contributed by atoms with Gasteiger partial charge in [-0.3, -0.25) is 0 Å². The lowest BCUT2D eigenvalue weighted by Crippen LogP contribution is -2.06. The first-order valence-electron chi connectivity index (χ1n) is 7.42. The first-order valence-corrected chi connectivity index (χ1v) is 7.42. The topological polar surface area (TPSA) is 66.8 Å². The van der Waals surface area contributed by atoms with Crippen LogP contribution < -0.4 is 4.74 Å². The summed E-state index contributed by atoms with van der Waals surface area (Å²) in [6, 6.07) is 11.1. The largest absolute Gasteiger partial charge is 0.511 e. The number of benzene rings is 2. The van der Waals surface area contributed by atoms with E-state index in [2.05, 4.69) is 6.92 Å². The predicted octanol–water partition coefficient (Wildman–Crippen LogP) is 4.63. The minimum absolute atomic E-state index is 0.00740. The molecule has 2 aromatic carbocycles. The molecule has 0 radical (unpaired) electrons. The fraction of sp³-hybridized carbons (Fsp3) is 0.278. The zero-order chi connectivity index (χ0) is 16.1. The number of carbonyl (C=O) groups is 1. The van der Waals surface area contributed by atoms with Crippen molar-refractivity contribution in [1.82, 2.24) is 0 Å². The maximum atomic E-state index is 10.9. The van der Waals surface area contributed by atoms with Crippen LogP contribution in [0.2, 0.25) is 0 Å². The number of rotatable bonds is 5. The Morgan fingerprint density at radius 2 is 1.86 bits per heavy atom. The highest BCUT2D eigenvalue weighted by Crippen LogP contribution is 2.42. The molecule has 0 bridgehead atoms. The second-order valence-corrected chi connectivity index (χ2v) is 5.07. The van der Waals surface area contributed by atoms with Gasteiger partial charge in [-0.15, -0.1) is 0 Å². The van der Waals surface area contributed by atoms with E-state index in [4.69, 9.17) is 9.84 Å². The lowest BCUT2D eigenvalue weighted by molar-refractivity contribution is 0.143. The van der Waals surface area contributed by atoms with Gasteiger partial charge in [0.1, 0.15) is 0 Å². The Labute approximate surface area is 130 Å². The third-order valence-corrected chi connectivity index (χ3v) is 3.60. The van der Waals surface area contributed by atoms with Gasteiger partial charge in [0.05, 0.1) is 0 Å². The summed E-state index contributed by atoms with van der Waals surface area (Å²) in [6.07, 6.45) is 1.05. The van der Waals surface area contributed by atoms with Gasteiger partial charge < -0.3 is 14.9 Å². The van der Waals surface area contributed by atoms with E-state index >= 15 is 0 Å². The highest BCUT2D eigenvalue weighted by molar-refractivity contribution is 5.79. The van der Waals surface area contributed by atoms with Gasteiger partial charge in [0, 0.05) is 5.56 Å². The van der Waals surface area contributed by atoms with Crippen LogP contribution in [-0.2, 0) is 12.8 Å². The van der Waals surface area contributed by atoms with E-state index in [9.17, 15) is 9.90 Å². The summed E-state index contributed by atoms with van der Waals surface area (Å²) in [5.41, 5.74) is 3.55. The fourth-order valence-corrected chi connectivity index (χ4v) is 2.72. The number of carboxylic acid groups (broad SMARTS) is 1. The Hall–Kier alpha value is -2.49. The van der Waals surface area contributed by atoms with Crippen LogP contribution in [0.4, 0.5) is 4.79 Å².